The predicted molar refractivity (Wildman–Crippen MR) is 148 cm³/mol. The van der Waals surface area contributed by atoms with Gasteiger partial charge in [-0.1, -0.05) is 64.9 Å². The number of carbonyl (C=O) groups is 2. The number of sulfonamides is 1. The Hall–Kier alpha value is -3.02. The van der Waals surface area contributed by atoms with Gasteiger partial charge in [0.15, 0.2) is 4.80 Å². The summed E-state index contributed by atoms with van der Waals surface area (Å²) < 4.78 is 34.5. The molecule has 0 unspecified atom stereocenters. The summed E-state index contributed by atoms with van der Waals surface area (Å²) >= 11 is 13.7. The smallest absolute Gasteiger partial charge is 0.326 e. The quantitative estimate of drug-likeness (QED) is 0.264. The SMILES string of the molecule is CCOC(=O)Cn1c(=NC(=O)c2ccc(S(=O)(=O)N(C)Cc3ccccc3)cc2)sc2cc(Cl)cc(Cl)c21. The Balaban J connectivity index is 1.65. The Labute approximate surface area is 233 Å². The summed E-state index contributed by atoms with van der Waals surface area (Å²) in [6, 6.07) is 18.0. The lowest BCUT2D eigenvalue weighted by atomic mass is 10.2. The highest BCUT2D eigenvalue weighted by atomic mass is 35.5. The highest BCUT2D eigenvalue weighted by molar-refractivity contribution is 7.89. The fourth-order valence-electron chi connectivity index (χ4n) is 3.72. The first-order chi connectivity index (χ1) is 18.1. The average molecular weight is 593 g/mol. The lowest BCUT2D eigenvalue weighted by Crippen LogP contribution is -2.26. The number of fused-ring (bicyclic) bond motifs is 1. The Morgan fingerprint density at radius 1 is 1.05 bits per heavy atom. The number of aromatic nitrogens is 1. The van der Waals surface area contributed by atoms with Gasteiger partial charge >= 0.3 is 5.97 Å². The summed E-state index contributed by atoms with van der Waals surface area (Å²) in [6.45, 7) is 1.89. The van der Waals surface area contributed by atoms with Gasteiger partial charge in [0.1, 0.15) is 6.54 Å². The van der Waals surface area contributed by atoms with Crippen molar-refractivity contribution in [3.05, 3.63) is 92.7 Å². The molecule has 0 aliphatic carbocycles. The summed E-state index contributed by atoms with van der Waals surface area (Å²) in [5, 5.41) is 0.704. The van der Waals surface area contributed by atoms with Crippen LogP contribution >= 0.6 is 34.5 Å². The molecule has 0 atom stereocenters. The molecule has 1 heterocycles. The van der Waals surface area contributed by atoms with Crippen LogP contribution in [0, 0.1) is 0 Å². The summed E-state index contributed by atoms with van der Waals surface area (Å²) in [5.41, 5.74) is 1.53. The monoisotopic (exact) mass is 591 g/mol. The second-order valence-corrected chi connectivity index (χ2v) is 12.1. The largest absolute Gasteiger partial charge is 0.465 e. The van der Waals surface area contributed by atoms with E-state index in [0.29, 0.717) is 20.3 Å². The molecule has 8 nitrogen and oxygen atoms in total. The molecule has 0 aliphatic rings. The van der Waals surface area contributed by atoms with Gasteiger partial charge < -0.3 is 9.30 Å². The first-order valence-electron chi connectivity index (χ1n) is 11.4. The van der Waals surface area contributed by atoms with E-state index in [1.54, 1.807) is 19.1 Å². The minimum atomic E-state index is -3.78. The molecule has 0 aliphatic heterocycles. The molecular formula is C26H23Cl2N3O5S2. The minimum Gasteiger partial charge on any atom is -0.465 e. The summed E-state index contributed by atoms with van der Waals surface area (Å²) in [4.78, 5) is 29.8. The number of esters is 1. The summed E-state index contributed by atoms with van der Waals surface area (Å²) in [6.07, 6.45) is 0. The van der Waals surface area contributed by atoms with Crippen molar-refractivity contribution in [2.24, 2.45) is 4.99 Å². The Morgan fingerprint density at radius 2 is 1.74 bits per heavy atom. The number of benzene rings is 3. The van der Waals surface area contributed by atoms with Crippen LogP contribution in [0.15, 0.2) is 76.6 Å². The third kappa shape index (κ3) is 6.16. The van der Waals surface area contributed by atoms with Crippen LogP contribution in [0.2, 0.25) is 10.0 Å². The van der Waals surface area contributed by atoms with Crippen molar-refractivity contribution in [3.63, 3.8) is 0 Å². The number of carbonyl (C=O) groups excluding carboxylic acids is 2. The van der Waals surface area contributed by atoms with E-state index in [4.69, 9.17) is 27.9 Å². The third-order valence-corrected chi connectivity index (χ3v) is 8.89. The van der Waals surface area contributed by atoms with E-state index in [1.807, 2.05) is 30.3 Å². The van der Waals surface area contributed by atoms with Crippen LogP contribution in [0.1, 0.15) is 22.8 Å². The number of hydrogen-bond donors (Lipinski definition) is 0. The number of ether oxygens (including phenoxy) is 1. The molecule has 4 aromatic rings. The molecule has 0 saturated heterocycles. The van der Waals surface area contributed by atoms with E-state index in [-0.39, 0.29) is 35.0 Å². The van der Waals surface area contributed by atoms with Crippen LogP contribution < -0.4 is 4.80 Å². The highest BCUT2D eigenvalue weighted by Crippen LogP contribution is 2.30. The molecule has 0 bridgehead atoms. The molecule has 0 N–H and O–H groups in total. The third-order valence-electron chi connectivity index (χ3n) is 5.54. The van der Waals surface area contributed by atoms with Gasteiger partial charge in [0, 0.05) is 24.2 Å². The van der Waals surface area contributed by atoms with Crippen LogP contribution in [0.25, 0.3) is 10.2 Å². The van der Waals surface area contributed by atoms with E-state index in [2.05, 4.69) is 4.99 Å². The molecule has 1 amide bonds. The van der Waals surface area contributed by atoms with Gasteiger partial charge in [0.25, 0.3) is 5.91 Å². The molecule has 0 fully saturated rings. The van der Waals surface area contributed by atoms with E-state index in [1.165, 1.54) is 40.2 Å². The zero-order valence-electron chi connectivity index (χ0n) is 20.4. The zero-order valence-corrected chi connectivity index (χ0v) is 23.6. The van der Waals surface area contributed by atoms with Crippen molar-refractivity contribution in [2.45, 2.75) is 24.9 Å². The van der Waals surface area contributed by atoms with Crippen LogP contribution in [0.5, 0.6) is 0 Å². The second-order valence-electron chi connectivity index (χ2n) is 8.20. The standard InChI is InChI=1S/C26H23Cl2N3O5S2/c1-3-36-23(32)16-31-24-21(28)13-19(27)14-22(24)37-26(31)29-25(33)18-9-11-20(12-10-18)38(34,35)30(2)15-17-7-5-4-6-8-17/h4-14H,3,15-16H2,1-2H3. The maximum atomic E-state index is 13.0. The van der Waals surface area contributed by atoms with Crippen LogP contribution in [-0.2, 0) is 32.6 Å². The predicted octanol–water partition coefficient (Wildman–Crippen LogP) is 5.13. The fourth-order valence-corrected chi connectivity index (χ4v) is 6.69. The fraction of sp³-hybridized carbons (Fsp3) is 0.192. The Kier molecular flexibility index (Phi) is 8.69. The van der Waals surface area contributed by atoms with Crippen LogP contribution in [0.3, 0.4) is 0 Å². The molecule has 0 radical (unpaired) electrons. The van der Waals surface area contributed by atoms with Gasteiger partial charge in [-0.25, -0.2) is 8.42 Å². The lowest BCUT2D eigenvalue weighted by molar-refractivity contribution is -0.143. The lowest BCUT2D eigenvalue weighted by Gasteiger charge is -2.17. The van der Waals surface area contributed by atoms with Crippen molar-refractivity contribution in [2.75, 3.05) is 13.7 Å². The number of halogens is 2. The minimum absolute atomic E-state index is 0.0492. The molecule has 3 aromatic carbocycles. The van der Waals surface area contributed by atoms with E-state index in [9.17, 15) is 18.0 Å². The van der Waals surface area contributed by atoms with E-state index < -0.39 is 21.9 Å². The second kappa shape index (κ2) is 11.8. The van der Waals surface area contributed by atoms with Crippen molar-refractivity contribution in [3.8, 4) is 0 Å². The molecule has 0 saturated carbocycles. The first kappa shape index (κ1) is 28.0. The summed E-state index contributed by atoms with van der Waals surface area (Å²) in [7, 11) is -2.28. The van der Waals surface area contributed by atoms with Crippen molar-refractivity contribution in [1.82, 2.24) is 8.87 Å². The van der Waals surface area contributed by atoms with E-state index in [0.717, 1.165) is 16.9 Å². The number of amides is 1. The molecule has 12 heteroatoms. The van der Waals surface area contributed by atoms with Gasteiger partial charge in [-0.3, -0.25) is 9.59 Å². The number of nitrogens with zero attached hydrogens (tertiary/aromatic N) is 3. The number of thiazole rings is 1. The van der Waals surface area contributed by atoms with Crippen molar-refractivity contribution in [1.29, 1.82) is 0 Å². The zero-order chi connectivity index (χ0) is 27.4. The van der Waals surface area contributed by atoms with Gasteiger partial charge in [0.2, 0.25) is 10.0 Å². The molecule has 4 rings (SSSR count). The molecular weight excluding hydrogens is 569 g/mol. The summed E-state index contributed by atoms with van der Waals surface area (Å²) in [5.74, 6) is -1.13. The normalized spacial score (nSPS) is 12.3. The van der Waals surface area contributed by atoms with Gasteiger partial charge in [0.05, 0.1) is 26.7 Å². The molecule has 38 heavy (non-hydrogen) atoms. The number of rotatable bonds is 8. The van der Waals surface area contributed by atoms with Crippen molar-refractivity contribution < 1.29 is 22.7 Å². The average Bonchev–Trinajstić information content (AvgIpc) is 3.21. The topological polar surface area (TPSA) is 98.0 Å². The maximum Gasteiger partial charge on any atom is 0.326 e. The number of hydrogen-bond acceptors (Lipinski definition) is 6. The first-order valence-corrected chi connectivity index (χ1v) is 14.4. The molecule has 1 aromatic heterocycles. The molecule has 198 valence electrons. The van der Waals surface area contributed by atoms with Gasteiger partial charge in [-0.15, -0.1) is 0 Å². The Morgan fingerprint density at radius 3 is 2.39 bits per heavy atom. The Bertz CT molecular complexity index is 1670. The maximum absolute atomic E-state index is 13.0. The van der Waals surface area contributed by atoms with Gasteiger partial charge in [-0.2, -0.15) is 9.30 Å². The molecule has 0 spiro atoms. The van der Waals surface area contributed by atoms with Crippen LogP contribution in [0.4, 0.5) is 0 Å². The highest BCUT2D eigenvalue weighted by Gasteiger charge is 2.22. The van der Waals surface area contributed by atoms with E-state index >= 15 is 0 Å². The van der Waals surface area contributed by atoms with Gasteiger partial charge in [-0.05, 0) is 48.9 Å². The van der Waals surface area contributed by atoms with Crippen molar-refractivity contribution >= 4 is 66.7 Å². The van der Waals surface area contributed by atoms with Crippen LogP contribution in [-0.4, -0.2) is 42.8 Å².